The lowest BCUT2D eigenvalue weighted by Gasteiger charge is -2.28. The number of fused-ring (bicyclic) bond motifs is 1. The van der Waals surface area contributed by atoms with Crippen LogP contribution in [0.2, 0.25) is 0 Å². The smallest absolute Gasteiger partial charge is 0.336 e. The summed E-state index contributed by atoms with van der Waals surface area (Å²) in [5.74, 6) is -2.00. The molecule has 2 aromatic rings. The highest BCUT2D eigenvalue weighted by atomic mass is 16.4. The van der Waals surface area contributed by atoms with Gasteiger partial charge in [-0.2, -0.15) is 0 Å². The summed E-state index contributed by atoms with van der Waals surface area (Å²) in [5.41, 5.74) is 12.4. The lowest BCUT2D eigenvalue weighted by molar-refractivity contribution is -0.140. The summed E-state index contributed by atoms with van der Waals surface area (Å²) in [7, 11) is 0. The van der Waals surface area contributed by atoms with Crippen molar-refractivity contribution < 1.29 is 28.4 Å². The van der Waals surface area contributed by atoms with Gasteiger partial charge in [-0.3, -0.25) is 24.0 Å². The highest BCUT2D eigenvalue weighted by Gasteiger charge is 2.37. The van der Waals surface area contributed by atoms with Gasteiger partial charge in [0, 0.05) is 43.2 Å². The van der Waals surface area contributed by atoms with Crippen LogP contribution in [0.4, 0.5) is 5.69 Å². The quantitative estimate of drug-likeness (QED) is 0.113. The number of likely N-dealkylation sites (tertiary alicyclic amines) is 1. The van der Waals surface area contributed by atoms with Gasteiger partial charge in [0.2, 0.25) is 29.5 Å². The SMILES string of the molecule is CC(=O)NCCCC[C@H](NC(=O)[C@H](CCCCN)NC(=O)[C@@H]1CCCN1C(=O)[C@H](C)N)C(=O)Nc1ccc2c(C)cc(=O)oc2c1. The first kappa shape index (κ1) is 36.2. The number of nitrogens with one attached hydrogen (secondary N) is 4. The Morgan fingerprint density at radius 3 is 2.37 bits per heavy atom. The number of aryl methyl sites for hydroxylation is 1. The lowest BCUT2D eigenvalue weighted by Crippen LogP contribution is -2.56. The Hall–Kier alpha value is -4.30. The second-order valence-electron chi connectivity index (χ2n) is 11.8. The summed E-state index contributed by atoms with van der Waals surface area (Å²) in [4.78, 5) is 77.7. The summed E-state index contributed by atoms with van der Waals surface area (Å²) in [6, 6.07) is 2.88. The van der Waals surface area contributed by atoms with Crippen LogP contribution in [0.5, 0.6) is 0 Å². The van der Waals surface area contributed by atoms with Gasteiger partial charge in [0.25, 0.3) is 0 Å². The van der Waals surface area contributed by atoms with Gasteiger partial charge in [0.05, 0.1) is 6.04 Å². The van der Waals surface area contributed by atoms with Crippen molar-refractivity contribution in [2.75, 3.05) is 25.0 Å². The first-order valence-electron chi connectivity index (χ1n) is 15.9. The molecule has 46 heavy (non-hydrogen) atoms. The van der Waals surface area contributed by atoms with E-state index in [4.69, 9.17) is 15.9 Å². The molecule has 14 nitrogen and oxygen atoms in total. The van der Waals surface area contributed by atoms with E-state index in [1.54, 1.807) is 32.0 Å². The fraction of sp³-hybridized carbons (Fsp3) is 0.562. The van der Waals surface area contributed by atoms with Crippen molar-refractivity contribution in [1.29, 1.82) is 0 Å². The number of hydrogen-bond donors (Lipinski definition) is 6. The number of hydrogen-bond acceptors (Lipinski definition) is 9. The molecule has 1 aliphatic rings. The Kier molecular flexibility index (Phi) is 13.7. The van der Waals surface area contributed by atoms with E-state index >= 15 is 0 Å². The van der Waals surface area contributed by atoms with Gasteiger partial charge in [-0.05, 0) is 89.5 Å². The first-order valence-corrected chi connectivity index (χ1v) is 15.9. The van der Waals surface area contributed by atoms with E-state index in [9.17, 15) is 28.8 Å². The molecule has 2 heterocycles. The molecule has 0 saturated carbocycles. The molecule has 1 aromatic heterocycles. The fourth-order valence-electron chi connectivity index (χ4n) is 5.51. The Balaban J connectivity index is 1.78. The molecule has 8 N–H and O–H groups in total. The van der Waals surface area contributed by atoms with Crippen LogP contribution in [0.25, 0.3) is 11.0 Å². The molecule has 0 radical (unpaired) electrons. The van der Waals surface area contributed by atoms with Crippen LogP contribution < -0.4 is 38.4 Å². The van der Waals surface area contributed by atoms with Gasteiger partial charge in [0.1, 0.15) is 23.7 Å². The van der Waals surface area contributed by atoms with Crippen molar-refractivity contribution in [2.45, 2.75) is 96.3 Å². The van der Waals surface area contributed by atoms with E-state index in [-0.39, 0.29) is 24.7 Å². The molecule has 1 fully saturated rings. The van der Waals surface area contributed by atoms with Crippen molar-refractivity contribution in [1.82, 2.24) is 20.9 Å². The van der Waals surface area contributed by atoms with Crippen molar-refractivity contribution >= 4 is 46.2 Å². The number of nitrogens with zero attached hydrogens (tertiary/aromatic N) is 1. The molecule has 4 atom stereocenters. The summed E-state index contributed by atoms with van der Waals surface area (Å²) in [6.07, 6.45) is 3.88. The Bertz CT molecular complexity index is 1460. The van der Waals surface area contributed by atoms with Gasteiger partial charge in [-0.15, -0.1) is 0 Å². The lowest BCUT2D eigenvalue weighted by atomic mass is 10.0. The third-order valence-corrected chi connectivity index (χ3v) is 7.95. The Morgan fingerprint density at radius 2 is 1.70 bits per heavy atom. The average Bonchev–Trinajstić information content (AvgIpc) is 3.49. The summed E-state index contributed by atoms with van der Waals surface area (Å²) in [5, 5.41) is 11.8. The van der Waals surface area contributed by atoms with E-state index in [2.05, 4.69) is 21.3 Å². The normalized spacial score (nSPS) is 16.4. The molecule has 14 heteroatoms. The van der Waals surface area contributed by atoms with E-state index in [0.29, 0.717) is 69.4 Å². The summed E-state index contributed by atoms with van der Waals surface area (Å²) < 4.78 is 5.30. The predicted molar refractivity (Wildman–Crippen MR) is 174 cm³/mol. The zero-order valence-electron chi connectivity index (χ0n) is 26.9. The maximum absolute atomic E-state index is 13.7. The minimum atomic E-state index is -0.985. The molecular formula is C32H47N7O7. The summed E-state index contributed by atoms with van der Waals surface area (Å²) in [6.45, 7) is 5.99. The molecule has 1 aliphatic heterocycles. The molecule has 252 valence electrons. The third-order valence-electron chi connectivity index (χ3n) is 7.95. The Morgan fingerprint density at radius 1 is 1.00 bits per heavy atom. The third kappa shape index (κ3) is 10.4. The molecule has 0 unspecified atom stereocenters. The minimum absolute atomic E-state index is 0.166. The molecule has 0 bridgehead atoms. The van der Waals surface area contributed by atoms with Gasteiger partial charge < -0.3 is 42.1 Å². The average molecular weight is 642 g/mol. The van der Waals surface area contributed by atoms with Crippen LogP contribution in [-0.4, -0.2) is 78.2 Å². The number of carbonyl (C=O) groups excluding carboxylic acids is 5. The van der Waals surface area contributed by atoms with Gasteiger partial charge in [-0.1, -0.05) is 0 Å². The first-order chi connectivity index (χ1) is 21.9. The van der Waals surface area contributed by atoms with Crippen molar-refractivity contribution in [2.24, 2.45) is 11.5 Å². The molecule has 0 spiro atoms. The van der Waals surface area contributed by atoms with Crippen molar-refractivity contribution in [3.63, 3.8) is 0 Å². The monoisotopic (exact) mass is 641 g/mol. The van der Waals surface area contributed by atoms with Crippen LogP contribution in [0, 0.1) is 6.92 Å². The number of amides is 5. The Labute approximate surface area is 268 Å². The van der Waals surface area contributed by atoms with Gasteiger partial charge >= 0.3 is 5.63 Å². The molecule has 1 aromatic carbocycles. The standard InChI is InChI=1S/C32H47N7O7/c1-19-17-28(41)46-27-18-22(12-13-23(19)27)36-29(42)24(10-5-7-15-35-21(3)40)37-30(43)25(9-4-6-14-33)38-31(44)26-11-8-16-39(26)32(45)20(2)34/h12-13,17-18,20,24-26H,4-11,14-16,33-34H2,1-3H3,(H,35,40)(H,36,42)(H,37,43)(H,38,44)/t20-,24-,25-,26-/m0/s1. The molecule has 3 rings (SSSR count). The van der Waals surface area contributed by atoms with Crippen molar-refractivity contribution in [3.8, 4) is 0 Å². The maximum atomic E-state index is 13.7. The minimum Gasteiger partial charge on any atom is -0.423 e. The van der Waals surface area contributed by atoms with Crippen LogP contribution in [0.1, 0.15) is 70.8 Å². The van der Waals surface area contributed by atoms with Crippen LogP contribution >= 0.6 is 0 Å². The number of carbonyl (C=O) groups is 5. The number of rotatable bonds is 16. The highest BCUT2D eigenvalue weighted by molar-refractivity contribution is 6.00. The maximum Gasteiger partial charge on any atom is 0.336 e. The van der Waals surface area contributed by atoms with E-state index in [0.717, 1.165) is 10.9 Å². The zero-order valence-corrected chi connectivity index (χ0v) is 26.9. The largest absolute Gasteiger partial charge is 0.423 e. The zero-order chi connectivity index (χ0) is 33.8. The second-order valence-corrected chi connectivity index (χ2v) is 11.8. The fourth-order valence-corrected chi connectivity index (χ4v) is 5.51. The molecule has 5 amide bonds. The molecule has 1 saturated heterocycles. The molecule has 0 aliphatic carbocycles. The highest BCUT2D eigenvalue weighted by Crippen LogP contribution is 2.22. The van der Waals surface area contributed by atoms with E-state index in [1.807, 2.05) is 0 Å². The number of nitrogens with two attached hydrogens (primary N) is 2. The van der Waals surface area contributed by atoms with Crippen molar-refractivity contribution in [3.05, 3.63) is 40.2 Å². The van der Waals surface area contributed by atoms with Crippen LogP contribution in [-0.2, 0) is 24.0 Å². The van der Waals surface area contributed by atoms with Crippen LogP contribution in [0.15, 0.2) is 33.5 Å². The topological polar surface area (TPSA) is 219 Å². The number of benzene rings is 1. The molecular weight excluding hydrogens is 594 g/mol. The van der Waals surface area contributed by atoms with Crippen LogP contribution in [0.3, 0.4) is 0 Å². The number of unbranched alkanes of at least 4 members (excludes halogenated alkanes) is 2. The number of anilines is 1. The predicted octanol–water partition coefficient (Wildman–Crippen LogP) is 0.783. The summed E-state index contributed by atoms with van der Waals surface area (Å²) >= 11 is 0. The van der Waals surface area contributed by atoms with E-state index in [1.165, 1.54) is 17.9 Å². The van der Waals surface area contributed by atoms with E-state index < -0.39 is 47.5 Å². The van der Waals surface area contributed by atoms with Gasteiger partial charge in [0.15, 0.2) is 0 Å². The van der Waals surface area contributed by atoms with Gasteiger partial charge in [-0.25, -0.2) is 4.79 Å². The second kappa shape index (κ2) is 17.4.